The Morgan fingerprint density at radius 3 is 1.77 bits per heavy atom. The second kappa shape index (κ2) is 10.7. The van der Waals surface area contributed by atoms with Gasteiger partial charge in [0.25, 0.3) is 0 Å². The minimum Gasteiger partial charge on any atom is -0.348 e. The molecular formula is C29H29FN2O3. The van der Waals surface area contributed by atoms with Crippen molar-refractivity contribution >= 4 is 17.5 Å². The van der Waals surface area contributed by atoms with E-state index in [0.717, 1.165) is 0 Å². The van der Waals surface area contributed by atoms with Gasteiger partial charge < -0.3 is 4.90 Å². The summed E-state index contributed by atoms with van der Waals surface area (Å²) in [5.41, 5.74) is 1.68. The van der Waals surface area contributed by atoms with Crippen LogP contribution in [-0.2, 0) is 4.79 Å². The topological polar surface area (TPSA) is 57.7 Å². The van der Waals surface area contributed by atoms with Gasteiger partial charge in [0.15, 0.2) is 11.6 Å². The third-order valence-electron chi connectivity index (χ3n) is 6.66. The Bertz CT molecular complexity index is 1140. The molecule has 3 aromatic carbocycles. The van der Waals surface area contributed by atoms with E-state index in [1.165, 1.54) is 17.0 Å². The summed E-state index contributed by atoms with van der Waals surface area (Å²) >= 11 is 0. The van der Waals surface area contributed by atoms with Crippen LogP contribution in [0.3, 0.4) is 0 Å². The van der Waals surface area contributed by atoms with Gasteiger partial charge in [0.1, 0.15) is 5.82 Å². The van der Waals surface area contributed by atoms with Crippen LogP contribution in [0.2, 0.25) is 0 Å². The van der Waals surface area contributed by atoms with Gasteiger partial charge in [-0.3, -0.25) is 19.3 Å². The smallest absolute Gasteiger partial charge is 0.236 e. The van der Waals surface area contributed by atoms with Gasteiger partial charge in [-0.2, -0.15) is 0 Å². The van der Waals surface area contributed by atoms with E-state index < -0.39 is 23.6 Å². The molecule has 35 heavy (non-hydrogen) atoms. The monoisotopic (exact) mass is 472 g/mol. The fraction of sp³-hybridized carbons (Fsp3) is 0.276. The number of amides is 1. The quantitative estimate of drug-likeness (QED) is 0.481. The zero-order chi connectivity index (χ0) is 24.9. The maximum atomic E-state index is 14.3. The van der Waals surface area contributed by atoms with Crippen molar-refractivity contribution in [2.45, 2.75) is 5.92 Å². The fourth-order valence-corrected chi connectivity index (χ4v) is 4.90. The number of Topliss-reactive ketones (excluding diaryl/α,β-unsaturated/α-hetero) is 2. The number of ketones is 2. The molecule has 1 aliphatic rings. The third kappa shape index (κ3) is 5.54. The molecule has 1 amide bonds. The van der Waals surface area contributed by atoms with Gasteiger partial charge in [0, 0.05) is 56.1 Å². The minimum atomic E-state index is -0.624. The summed E-state index contributed by atoms with van der Waals surface area (Å²) in [6.45, 7) is 0.695. The fourth-order valence-electron chi connectivity index (χ4n) is 4.90. The summed E-state index contributed by atoms with van der Waals surface area (Å²) < 4.78 is 14.3. The number of benzene rings is 3. The Hall–Kier alpha value is -3.64. The third-order valence-corrected chi connectivity index (χ3v) is 6.66. The van der Waals surface area contributed by atoms with Crippen molar-refractivity contribution in [3.8, 4) is 0 Å². The first-order chi connectivity index (χ1) is 16.8. The van der Waals surface area contributed by atoms with Crippen LogP contribution in [0.25, 0.3) is 0 Å². The van der Waals surface area contributed by atoms with Crippen LogP contribution in [-0.4, -0.2) is 61.0 Å². The molecule has 0 N–H and O–H groups in total. The van der Waals surface area contributed by atoms with E-state index in [-0.39, 0.29) is 24.0 Å². The second-order valence-corrected chi connectivity index (χ2v) is 9.24. The van der Waals surface area contributed by atoms with Crippen molar-refractivity contribution < 1.29 is 18.8 Å². The van der Waals surface area contributed by atoms with E-state index in [2.05, 4.69) is 0 Å². The molecule has 0 bridgehead atoms. The Balaban J connectivity index is 1.81. The SMILES string of the molecule is CN(C)C(=O)CN1CC(C(=O)c2ccccc2)C(c2cccc(F)c2)C(C(=O)c2ccccc2)C1. The summed E-state index contributed by atoms with van der Waals surface area (Å²) in [6, 6.07) is 24.1. The molecule has 0 aliphatic carbocycles. The molecule has 1 aliphatic heterocycles. The molecule has 2 atom stereocenters. The first-order valence-corrected chi connectivity index (χ1v) is 11.7. The Morgan fingerprint density at radius 2 is 1.31 bits per heavy atom. The van der Waals surface area contributed by atoms with Crippen LogP contribution >= 0.6 is 0 Å². The molecule has 0 aromatic heterocycles. The average Bonchev–Trinajstić information content (AvgIpc) is 2.88. The molecule has 1 heterocycles. The van der Waals surface area contributed by atoms with Gasteiger partial charge >= 0.3 is 0 Å². The van der Waals surface area contributed by atoms with Crippen LogP contribution < -0.4 is 0 Å². The van der Waals surface area contributed by atoms with Gasteiger partial charge in [-0.1, -0.05) is 72.8 Å². The number of likely N-dealkylation sites (tertiary alicyclic amines) is 1. The van der Waals surface area contributed by atoms with Crippen LogP contribution in [0.5, 0.6) is 0 Å². The van der Waals surface area contributed by atoms with E-state index in [1.54, 1.807) is 74.8 Å². The number of likely N-dealkylation sites (N-methyl/N-ethyl adjacent to an activating group) is 1. The van der Waals surface area contributed by atoms with Gasteiger partial charge in [0.05, 0.1) is 6.54 Å². The predicted molar refractivity (Wildman–Crippen MR) is 133 cm³/mol. The Kier molecular flexibility index (Phi) is 7.51. The Labute approximate surface area is 205 Å². The maximum Gasteiger partial charge on any atom is 0.236 e. The van der Waals surface area contributed by atoms with Crippen molar-refractivity contribution in [3.05, 3.63) is 107 Å². The molecule has 1 saturated heterocycles. The number of carbonyl (C=O) groups is 3. The summed E-state index contributed by atoms with van der Waals surface area (Å²) in [6.07, 6.45) is 0. The van der Waals surface area contributed by atoms with Crippen molar-refractivity contribution in [1.29, 1.82) is 0 Å². The number of hydrogen-bond donors (Lipinski definition) is 0. The van der Waals surface area contributed by atoms with Gasteiger partial charge in [0.2, 0.25) is 5.91 Å². The van der Waals surface area contributed by atoms with Crippen LogP contribution in [0.1, 0.15) is 32.2 Å². The normalized spacial score (nSPS) is 20.3. The maximum absolute atomic E-state index is 14.3. The molecule has 180 valence electrons. The highest BCUT2D eigenvalue weighted by Gasteiger charge is 2.45. The van der Waals surface area contributed by atoms with Crippen molar-refractivity contribution in [2.24, 2.45) is 11.8 Å². The van der Waals surface area contributed by atoms with Gasteiger partial charge in [-0.05, 0) is 17.7 Å². The molecule has 0 spiro atoms. The second-order valence-electron chi connectivity index (χ2n) is 9.24. The lowest BCUT2D eigenvalue weighted by Crippen LogP contribution is -2.52. The van der Waals surface area contributed by atoms with E-state index >= 15 is 0 Å². The minimum absolute atomic E-state index is 0.0972. The molecule has 0 saturated carbocycles. The first kappa shape index (κ1) is 24.5. The number of hydrogen-bond acceptors (Lipinski definition) is 4. The number of nitrogens with zero attached hydrogens (tertiary/aromatic N) is 2. The van der Waals surface area contributed by atoms with Crippen LogP contribution in [0.15, 0.2) is 84.9 Å². The lowest BCUT2D eigenvalue weighted by atomic mass is 9.68. The molecule has 0 radical (unpaired) electrons. The average molecular weight is 473 g/mol. The molecule has 1 fully saturated rings. The van der Waals surface area contributed by atoms with Crippen molar-refractivity contribution in [2.75, 3.05) is 33.7 Å². The summed E-state index contributed by atoms with van der Waals surface area (Å²) in [5, 5.41) is 0. The first-order valence-electron chi connectivity index (χ1n) is 11.7. The highest BCUT2D eigenvalue weighted by atomic mass is 19.1. The number of carbonyl (C=O) groups excluding carboxylic acids is 3. The van der Waals surface area contributed by atoms with E-state index in [0.29, 0.717) is 29.8 Å². The lowest BCUT2D eigenvalue weighted by Gasteiger charge is -2.43. The highest BCUT2D eigenvalue weighted by Crippen LogP contribution is 2.41. The Morgan fingerprint density at radius 1 is 0.800 bits per heavy atom. The zero-order valence-corrected chi connectivity index (χ0v) is 19.9. The molecule has 5 nitrogen and oxygen atoms in total. The largest absolute Gasteiger partial charge is 0.348 e. The van der Waals surface area contributed by atoms with E-state index in [1.807, 2.05) is 17.0 Å². The number of halogens is 1. The molecular weight excluding hydrogens is 443 g/mol. The lowest BCUT2D eigenvalue weighted by molar-refractivity contribution is -0.130. The zero-order valence-electron chi connectivity index (χ0n) is 19.9. The number of rotatable bonds is 7. The highest BCUT2D eigenvalue weighted by molar-refractivity contribution is 6.02. The molecule has 3 aromatic rings. The van der Waals surface area contributed by atoms with E-state index in [9.17, 15) is 18.8 Å². The summed E-state index contributed by atoms with van der Waals surface area (Å²) in [7, 11) is 3.36. The van der Waals surface area contributed by atoms with Crippen molar-refractivity contribution in [1.82, 2.24) is 9.80 Å². The molecule has 2 unspecified atom stereocenters. The predicted octanol–water partition coefficient (Wildman–Crippen LogP) is 4.31. The van der Waals surface area contributed by atoms with Crippen LogP contribution in [0, 0.1) is 17.7 Å². The van der Waals surface area contributed by atoms with Gasteiger partial charge in [-0.15, -0.1) is 0 Å². The summed E-state index contributed by atoms with van der Waals surface area (Å²) in [4.78, 5) is 43.6. The standard InChI is InChI=1S/C29H29FN2O3/c1-31(2)26(33)19-32-17-24(28(34)20-10-5-3-6-11-20)27(22-14-9-15-23(30)16-22)25(18-32)29(35)21-12-7-4-8-13-21/h3-16,24-25,27H,17-19H2,1-2H3. The number of piperidine rings is 1. The van der Waals surface area contributed by atoms with Crippen LogP contribution in [0.4, 0.5) is 4.39 Å². The molecule has 4 rings (SSSR count). The van der Waals surface area contributed by atoms with Crippen molar-refractivity contribution in [3.63, 3.8) is 0 Å². The van der Waals surface area contributed by atoms with E-state index in [4.69, 9.17) is 0 Å². The molecule has 6 heteroatoms. The van der Waals surface area contributed by atoms with Gasteiger partial charge in [-0.25, -0.2) is 4.39 Å². The summed E-state index contributed by atoms with van der Waals surface area (Å²) in [5.74, 6) is -2.53.